The normalized spacial score (nSPS) is 10.1. The quantitative estimate of drug-likeness (QED) is 0.769. The maximum atomic E-state index is 12.5. The summed E-state index contributed by atoms with van der Waals surface area (Å²) in [6.45, 7) is 0.262. The van der Waals surface area contributed by atoms with Crippen molar-refractivity contribution in [2.24, 2.45) is 0 Å². The Hall–Kier alpha value is -1.09. The van der Waals surface area contributed by atoms with Gasteiger partial charge in [0.1, 0.15) is 12.4 Å². The summed E-state index contributed by atoms with van der Waals surface area (Å²) < 4.78 is 17.5. The van der Waals surface area contributed by atoms with Crippen LogP contribution in [0.2, 0.25) is 0 Å². The van der Waals surface area contributed by atoms with Gasteiger partial charge in [-0.05, 0) is 24.7 Å². The summed E-state index contributed by atoms with van der Waals surface area (Å²) in [6, 6.07) is 5.53. The van der Waals surface area contributed by atoms with Crippen molar-refractivity contribution in [2.75, 3.05) is 14.2 Å². The maximum Gasteiger partial charge on any atom is 0.124 e. The van der Waals surface area contributed by atoms with E-state index in [0.717, 1.165) is 12.1 Å². The Bertz CT molecular complexity index is 276. The molecule has 0 amide bonds. The highest BCUT2D eigenvalue weighted by Crippen LogP contribution is 2.20. The number of hydrogen-bond acceptors (Lipinski definition) is 2. The van der Waals surface area contributed by atoms with E-state index < -0.39 is 6.67 Å². The van der Waals surface area contributed by atoms with Gasteiger partial charge in [-0.1, -0.05) is 6.07 Å². The van der Waals surface area contributed by atoms with Gasteiger partial charge in [0.2, 0.25) is 0 Å². The van der Waals surface area contributed by atoms with Gasteiger partial charge in [-0.15, -0.1) is 0 Å². The summed E-state index contributed by atoms with van der Waals surface area (Å²) in [5, 5.41) is 3.01. The molecule has 1 N–H and O–H groups in total. The molecular weight excluding hydrogens is 169 g/mol. The molecular formula is C10H14FNO. The van der Waals surface area contributed by atoms with E-state index in [1.165, 1.54) is 0 Å². The monoisotopic (exact) mass is 183 g/mol. The highest BCUT2D eigenvalue weighted by Gasteiger charge is 2.02. The second-order valence-electron chi connectivity index (χ2n) is 2.81. The van der Waals surface area contributed by atoms with E-state index in [4.69, 9.17) is 4.74 Å². The van der Waals surface area contributed by atoms with Crippen LogP contribution < -0.4 is 10.1 Å². The standard InChI is InChI=1S/C10H14FNO/c1-12-7-8-3-4-10(13-2)9(5-8)6-11/h3-5,12H,6-7H2,1-2H3. The van der Waals surface area contributed by atoms with Crippen LogP contribution in [0, 0.1) is 0 Å². The summed E-state index contributed by atoms with van der Waals surface area (Å²) in [7, 11) is 3.41. The van der Waals surface area contributed by atoms with E-state index in [1.54, 1.807) is 13.2 Å². The molecule has 1 aromatic carbocycles. The highest BCUT2D eigenvalue weighted by atomic mass is 19.1. The van der Waals surface area contributed by atoms with Crippen LogP contribution in [0.25, 0.3) is 0 Å². The predicted molar refractivity (Wildman–Crippen MR) is 50.6 cm³/mol. The molecule has 0 unspecified atom stereocenters. The molecule has 0 heterocycles. The van der Waals surface area contributed by atoms with Crippen molar-refractivity contribution in [1.29, 1.82) is 0 Å². The summed E-state index contributed by atoms with van der Waals surface area (Å²) in [5.74, 6) is 0.613. The fourth-order valence-corrected chi connectivity index (χ4v) is 1.25. The van der Waals surface area contributed by atoms with Gasteiger partial charge < -0.3 is 10.1 Å². The molecule has 0 aliphatic rings. The zero-order chi connectivity index (χ0) is 9.68. The largest absolute Gasteiger partial charge is 0.496 e. The lowest BCUT2D eigenvalue weighted by atomic mass is 10.1. The molecule has 0 radical (unpaired) electrons. The van der Waals surface area contributed by atoms with Gasteiger partial charge in [-0.2, -0.15) is 0 Å². The average Bonchev–Trinajstić information content (AvgIpc) is 2.18. The summed E-state index contributed by atoms with van der Waals surface area (Å²) >= 11 is 0. The van der Waals surface area contributed by atoms with Gasteiger partial charge >= 0.3 is 0 Å². The third kappa shape index (κ3) is 2.42. The molecule has 2 nitrogen and oxygen atoms in total. The Labute approximate surface area is 77.7 Å². The van der Waals surface area contributed by atoms with Crippen molar-refractivity contribution in [3.63, 3.8) is 0 Å². The average molecular weight is 183 g/mol. The van der Waals surface area contributed by atoms with E-state index >= 15 is 0 Å². The molecule has 0 aliphatic carbocycles. The van der Waals surface area contributed by atoms with Gasteiger partial charge in [-0.3, -0.25) is 0 Å². The predicted octanol–water partition coefficient (Wildman–Crippen LogP) is 1.88. The van der Waals surface area contributed by atoms with E-state index in [0.29, 0.717) is 11.3 Å². The van der Waals surface area contributed by atoms with Crippen molar-refractivity contribution >= 4 is 0 Å². The molecule has 0 saturated heterocycles. The molecule has 1 rings (SSSR count). The van der Waals surface area contributed by atoms with Crippen molar-refractivity contribution < 1.29 is 9.13 Å². The number of methoxy groups -OCH3 is 1. The van der Waals surface area contributed by atoms with E-state index in [-0.39, 0.29) is 0 Å². The lowest BCUT2D eigenvalue weighted by Crippen LogP contribution is -2.05. The van der Waals surface area contributed by atoms with Crippen molar-refractivity contribution in [2.45, 2.75) is 13.2 Å². The maximum absolute atomic E-state index is 12.5. The minimum atomic E-state index is -0.485. The Kier molecular flexibility index (Phi) is 3.71. The smallest absolute Gasteiger partial charge is 0.124 e. The summed E-state index contributed by atoms with van der Waals surface area (Å²) in [5.41, 5.74) is 1.67. The number of rotatable bonds is 4. The zero-order valence-corrected chi connectivity index (χ0v) is 7.93. The molecule has 0 saturated carbocycles. The summed E-state index contributed by atoms with van der Waals surface area (Å²) in [4.78, 5) is 0. The van der Waals surface area contributed by atoms with Gasteiger partial charge in [-0.25, -0.2) is 4.39 Å². The Morgan fingerprint density at radius 2 is 2.23 bits per heavy atom. The third-order valence-electron chi connectivity index (χ3n) is 1.87. The Morgan fingerprint density at radius 1 is 1.46 bits per heavy atom. The van der Waals surface area contributed by atoms with Crippen LogP contribution >= 0.6 is 0 Å². The molecule has 0 spiro atoms. The first kappa shape index (κ1) is 9.99. The molecule has 0 fully saturated rings. The molecule has 13 heavy (non-hydrogen) atoms. The first-order valence-corrected chi connectivity index (χ1v) is 4.18. The van der Waals surface area contributed by atoms with Gasteiger partial charge in [0, 0.05) is 12.1 Å². The number of nitrogens with one attached hydrogen (secondary N) is 1. The molecule has 0 aromatic heterocycles. The van der Waals surface area contributed by atoms with Crippen LogP contribution in [0.4, 0.5) is 4.39 Å². The second kappa shape index (κ2) is 4.82. The van der Waals surface area contributed by atoms with Crippen LogP contribution in [0.3, 0.4) is 0 Å². The van der Waals surface area contributed by atoms with E-state index in [9.17, 15) is 4.39 Å². The molecule has 72 valence electrons. The number of halogens is 1. The molecule has 3 heteroatoms. The lowest BCUT2D eigenvalue weighted by molar-refractivity contribution is 0.394. The van der Waals surface area contributed by atoms with Crippen molar-refractivity contribution in [1.82, 2.24) is 5.32 Å². The Morgan fingerprint density at radius 3 is 2.77 bits per heavy atom. The first-order chi connectivity index (χ1) is 6.31. The summed E-state index contributed by atoms with van der Waals surface area (Å²) in [6.07, 6.45) is 0. The molecule has 0 atom stereocenters. The third-order valence-corrected chi connectivity index (χ3v) is 1.87. The lowest BCUT2D eigenvalue weighted by Gasteiger charge is -2.07. The van der Waals surface area contributed by atoms with Gasteiger partial charge in [0.25, 0.3) is 0 Å². The van der Waals surface area contributed by atoms with Crippen molar-refractivity contribution in [3.8, 4) is 5.75 Å². The first-order valence-electron chi connectivity index (χ1n) is 4.18. The van der Waals surface area contributed by atoms with E-state index in [2.05, 4.69) is 5.32 Å². The number of ether oxygens (including phenoxy) is 1. The van der Waals surface area contributed by atoms with Gasteiger partial charge in [0.15, 0.2) is 0 Å². The topological polar surface area (TPSA) is 21.3 Å². The van der Waals surface area contributed by atoms with Crippen LogP contribution in [0.5, 0.6) is 5.75 Å². The SMILES string of the molecule is CNCc1ccc(OC)c(CF)c1. The zero-order valence-electron chi connectivity index (χ0n) is 7.93. The number of hydrogen-bond donors (Lipinski definition) is 1. The second-order valence-corrected chi connectivity index (χ2v) is 2.81. The number of alkyl halides is 1. The van der Waals surface area contributed by atoms with Gasteiger partial charge in [0.05, 0.1) is 7.11 Å². The van der Waals surface area contributed by atoms with Crippen LogP contribution in [-0.2, 0) is 13.2 Å². The highest BCUT2D eigenvalue weighted by molar-refractivity contribution is 5.36. The van der Waals surface area contributed by atoms with Crippen molar-refractivity contribution in [3.05, 3.63) is 29.3 Å². The molecule has 0 aliphatic heterocycles. The fraction of sp³-hybridized carbons (Fsp3) is 0.400. The minimum absolute atomic E-state index is 0.485. The molecule has 0 bridgehead atoms. The number of benzene rings is 1. The molecule has 1 aromatic rings. The minimum Gasteiger partial charge on any atom is -0.496 e. The van der Waals surface area contributed by atoms with Crippen LogP contribution in [0.15, 0.2) is 18.2 Å². The van der Waals surface area contributed by atoms with E-state index in [1.807, 2.05) is 19.2 Å². The fourth-order valence-electron chi connectivity index (χ4n) is 1.25. The van der Waals surface area contributed by atoms with Crippen LogP contribution in [0.1, 0.15) is 11.1 Å². The van der Waals surface area contributed by atoms with Crippen LogP contribution in [-0.4, -0.2) is 14.2 Å². The Balaban J connectivity index is 2.91.